The van der Waals surface area contributed by atoms with Crippen molar-refractivity contribution in [3.63, 3.8) is 0 Å². The maximum Gasteiger partial charge on any atom is 0.263 e. The number of nitrogens with zero attached hydrogens (tertiary/aromatic N) is 5. The maximum absolute atomic E-state index is 13.3. The lowest BCUT2D eigenvalue weighted by Crippen LogP contribution is -2.26. The van der Waals surface area contributed by atoms with Crippen LogP contribution in [0.5, 0.6) is 0 Å². The van der Waals surface area contributed by atoms with Crippen molar-refractivity contribution in [2.24, 2.45) is 0 Å². The summed E-state index contributed by atoms with van der Waals surface area (Å²) in [5.41, 5.74) is 1.53. The molecule has 132 valence electrons. The standard InChI is InChI=1S/C18H16FN5OS/c1-11(7-23-9-20-8-22-23)24-10-21-17-16(18(24)25)15(12(2)26-17)13-3-5-14(19)6-4-13/h3-6,8-11H,7H2,1-2H3/t11-/m1/s1. The Morgan fingerprint density at radius 2 is 2.00 bits per heavy atom. The molecular formula is C18H16FN5OS. The number of benzene rings is 1. The summed E-state index contributed by atoms with van der Waals surface area (Å²) >= 11 is 1.47. The van der Waals surface area contributed by atoms with Crippen molar-refractivity contribution in [2.75, 3.05) is 0 Å². The SMILES string of the molecule is Cc1sc2ncn([C@H](C)Cn3cncn3)c(=O)c2c1-c1ccc(F)cc1. The first-order valence-electron chi connectivity index (χ1n) is 8.13. The summed E-state index contributed by atoms with van der Waals surface area (Å²) in [5.74, 6) is -0.303. The quantitative estimate of drug-likeness (QED) is 0.553. The molecule has 0 N–H and O–H groups in total. The highest BCUT2D eigenvalue weighted by Gasteiger charge is 2.19. The van der Waals surface area contributed by atoms with E-state index in [-0.39, 0.29) is 17.4 Å². The highest BCUT2D eigenvalue weighted by atomic mass is 32.1. The van der Waals surface area contributed by atoms with Crippen LogP contribution in [-0.4, -0.2) is 24.3 Å². The van der Waals surface area contributed by atoms with Gasteiger partial charge < -0.3 is 0 Å². The molecule has 3 heterocycles. The van der Waals surface area contributed by atoms with E-state index in [4.69, 9.17) is 0 Å². The van der Waals surface area contributed by atoms with Crippen LogP contribution in [0.1, 0.15) is 17.8 Å². The number of aromatic nitrogens is 5. The zero-order valence-electron chi connectivity index (χ0n) is 14.3. The molecule has 0 aliphatic carbocycles. The van der Waals surface area contributed by atoms with E-state index < -0.39 is 0 Å². The van der Waals surface area contributed by atoms with Crippen LogP contribution >= 0.6 is 11.3 Å². The van der Waals surface area contributed by atoms with Gasteiger partial charge in [-0.05, 0) is 31.5 Å². The van der Waals surface area contributed by atoms with E-state index in [9.17, 15) is 9.18 Å². The van der Waals surface area contributed by atoms with Crippen molar-refractivity contribution in [1.29, 1.82) is 0 Å². The van der Waals surface area contributed by atoms with Crippen molar-refractivity contribution < 1.29 is 4.39 Å². The third-order valence-electron chi connectivity index (χ3n) is 4.34. The van der Waals surface area contributed by atoms with Crippen molar-refractivity contribution >= 4 is 21.6 Å². The Labute approximate surface area is 152 Å². The molecule has 8 heteroatoms. The Kier molecular flexibility index (Phi) is 4.12. The lowest BCUT2D eigenvalue weighted by molar-refractivity contribution is 0.425. The summed E-state index contributed by atoms with van der Waals surface area (Å²) in [4.78, 5) is 23.3. The molecule has 0 aliphatic rings. The van der Waals surface area contributed by atoms with Gasteiger partial charge in [0.25, 0.3) is 5.56 Å². The summed E-state index contributed by atoms with van der Waals surface area (Å²) in [5, 5.41) is 4.66. The molecule has 0 saturated carbocycles. The molecular weight excluding hydrogens is 353 g/mol. The monoisotopic (exact) mass is 369 g/mol. The highest BCUT2D eigenvalue weighted by molar-refractivity contribution is 7.19. The normalized spacial score (nSPS) is 12.6. The van der Waals surface area contributed by atoms with Gasteiger partial charge in [-0.25, -0.2) is 14.4 Å². The van der Waals surface area contributed by atoms with Crippen molar-refractivity contribution in [1.82, 2.24) is 24.3 Å². The summed E-state index contributed by atoms with van der Waals surface area (Å²) in [7, 11) is 0. The molecule has 0 spiro atoms. The third kappa shape index (κ3) is 2.82. The van der Waals surface area contributed by atoms with Crippen molar-refractivity contribution in [3.8, 4) is 11.1 Å². The summed E-state index contributed by atoms with van der Waals surface area (Å²) in [6.45, 7) is 4.41. The van der Waals surface area contributed by atoms with E-state index in [1.54, 1.807) is 34.0 Å². The molecule has 3 aromatic heterocycles. The topological polar surface area (TPSA) is 65.6 Å². The van der Waals surface area contributed by atoms with E-state index in [0.717, 1.165) is 16.0 Å². The van der Waals surface area contributed by atoms with Gasteiger partial charge in [0.15, 0.2) is 0 Å². The molecule has 0 saturated heterocycles. The van der Waals surface area contributed by atoms with Crippen LogP contribution < -0.4 is 5.56 Å². The minimum atomic E-state index is -0.303. The fraction of sp³-hybridized carbons (Fsp3) is 0.222. The number of fused-ring (bicyclic) bond motifs is 1. The Hall–Kier alpha value is -2.87. The van der Waals surface area contributed by atoms with Gasteiger partial charge in [0.05, 0.1) is 24.3 Å². The summed E-state index contributed by atoms with van der Waals surface area (Å²) < 4.78 is 16.6. The lowest BCUT2D eigenvalue weighted by atomic mass is 10.0. The van der Waals surface area contributed by atoms with Gasteiger partial charge in [0.1, 0.15) is 23.3 Å². The number of hydrogen-bond acceptors (Lipinski definition) is 5. The average Bonchev–Trinajstić information content (AvgIpc) is 3.23. The van der Waals surface area contributed by atoms with E-state index in [1.165, 1.54) is 29.8 Å². The van der Waals surface area contributed by atoms with Crippen LogP contribution in [-0.2, 0) is 6.54 Å². The van der Waals surface area contributed by atoms with Crippen LogP contribution in [0.4, 0.5) is 4.39 Å². The van der Waals surface area contributed by atoms with Crippen LogP contribution in [0.3, 0.4) is 0 Å². The van der Waals surface area contributed by atoms with Gasteiger partial charge in [-0.2, -0.15) is 5.10 Å². The molecule has 26 heavy (non-hydrogen) atoms. The predicted octanol–water partition coefficient (Wildman–Crippen LogP) is 3.43. The van der Waals surface area contributed by atoms with Crippen LogP contribution in [0.15, 0.2) is 48.0 Å². The lowest BCUT2D eigenvalue weighted by Gasteiger charge is -2.14. The van der Waals surface area contributed by atoms with Crippen LogP contribution in [0.2, 0.25) is 0 Å². The van der Waals surface area contributed by atoms with Gasteiger partial charge >= 0.3 is 0 Å². The first-order chi connectivity index (χ1) is 12.5. The average molecular weight is 369 g/mol. The molecule has 0 unspecified atom stereocenters. The maximum atomic E-state index is 13.3. The number of halogens is 1. The minimum Gasteiger partial charge on any atom is -0.294 e. The second-order valence-corrected chi connectivity index (χ2v) is 7.35. The number of rotatable bonds is 4. The molecule has 0 bridgehead atoms. The van der Waals surface area contributed by atoms with Gasteiger partial charge in [-0.15, -0.1) is 11.3 Å². The smallest absolute Gasteiger partial charge is 0.263 e. The van der Waals surface area contributed by atoms with E-state index in [2.05, 4.69) is 15.1 Å². The summed E-state index contributed by atoms with van der Waals surface area (Å²) in [6, 6.07) is 6.06. The molecule has 1 atom stereocenters. The molecule has 0 radical (unpaired) electrons. The number of aryl methyl sites for hydroxylation is 1. The zero-order valence-corrected chi connectivity index (χ0v) is 15.1. The van der Waals surface area contributed by atoms with Crippen molar-refractivity contribution in [3.05, 3.63) is 64.3 Å². The van der Waals surface area contributed by atoms with Crippen LogP contribution in [0.25, 0.3) is 21.3 Å². The fourth-order valence-electron chi connectivity index (χ4n) is 3.08. The molecule has 1 aromatic carbocycles. The molecule has 0 fully saturated rings. The molecule has 0 amide bonds. The molecule has 0 aliphatic heterocycles. The Morgan fingerprint density at radius 3 is 2.69 bits per heavy atom. The first-order valence-corrected chi connectivity index (χ1v) is 8.95. The minimum absolute atomic E-state index is 0.105. The first kappa shape index (κ1) is 16.6. The third-order valence-corrected chi connectivity index (χ3v) is 5.35. The van der Waals surface area contributed by atoms with E-state index in [1.807, 2.05) is 13.8 Å². The molecule has 4 rings (SSSR count). The largest absolute Gasteiger partial charge is 0.294 e. The highest BCUT2D eigenvalue weighted by Crippen LogP contribution is 2.35. The second kappa shape index (κ2) is 6.45. The Balaban J connectivity index is 1.85. The van der Waals surface area contributed by atoms with E-state index >= 15 is 0 Å². The second-order valence-electron chi connectivity index (χ2n) is 6.14. The number of thiophene rings is 1. The Morgan fingerprint density at radius 1 is 1.23 bits per heavy atom. The van der Waals surface area contributed by atoms with Gasteiger partial charge in [0, 0.05) is 10.4 Å². The van der Waals surface area contributed by atoms with E-state index in [0.29, 0.717) is 16.8 Å². The zero-order chi connectivity index (χ0) is 18.3. The van der Waals surface area contributed by atoms with Gasteiger partial charge in [-0.1, -0.05) is 12.1 Å². The Bertz CT molecular complexity index is 1120. The molecule has 4 aromatic rings. The number of hydrogen-bond donors (Lipinski definition) is 0. The fourth-order valence-corrected chi connectivity index (χ4v) is 4.08. The molecule has 6 nitrogen and oxygen atoms in total. The van der Waals surface area contributed by atoms with Crippen LogP contribution in [0, 0.1) is 12.7 Å². The predicted molar refractivity (Wildman–Crippen MR) is 98.7 cm³/mol. The van der Waals surface area contributed by atoms with Gasteiger partial charge in [0.2, 0.25) is 0 Å². The summed E-state index contributed by atoms with van der Waals surface area (Å²) in [6.07, 6.45) is 4.66. The van der Waals surface area contributed by atoms with Crippen molar-refractivity contribution in [2.45, 2.75) is 26.4 Å². The van der Waals surface area contributed by atoms with Gasteiger partial charge in [-0.3, -0.25) is 14.0 Å².